The summed E-state index contributed by atoms with van der Waals surface area (Å²) in [6, 6.07) is 2.73. The van der Waals surface area contributed by atoms with Gasteiger partial charge in [0.1, 0.15) is 0 Å². The Morgan fingerprint density at radius 3 is 2.88 bits per heavy atom. The minimum Gasteiger partial charge on any atom is -0.367 e. The number of hydrogen-bond acceptors (Lipinski definition) is 4. The molecule has 16 heavy (non-hydrogen) atoms. The summed E-state index contributed by atoms with van der Waals surface area (Å²) in [5.74, 6) is -0.547. The molecule has 0 saturated heterocycles. The van der Waals surface area contributed by atoms with Gasteiger partial charge in [0, 0.05) is 19.3 Å². The van der Waals surface area contributed by atoms with Crippen LogP contribution in [0.25, 0.3) is 0 Å². The van der Waals surface area contributed by atoms with Gasteiger partial charge in [0.05, 0.1) is 5.75 Å². The number of anilines is 1. The lowest BCUT2D eigenvalue weighted by molar-refractivity contribution is 0.584. The Labute approximate surface area is 94.1 Å². The fraction of sp³-hybridized carbons (Fsp3) is 0.444. The van der Waals surface area contributed by atoms with E-state index in [1.54, 1.807) is 6.92 Å². The normalized spacial score (nSPS) is 11.4. The molecule has 90 valence electrons. The Morgan fingerprint density at radius 1 is 1.50 bits per heavy atom. The quantitative estimate of drug-likeness (QED) is 0.771. The monoisotopic (exact) mass is 247 g/mol. The molecule has 1 aromatic heterocycles. The maximum atomic E-state index is 13.1. The van der Waals surface area contributed by atoms with Crippen LogP contribution in [0.3, 0.4) is 0 Å². The summed E-state index contributed by atoms with van der Waals surface area (Å²) in [6.07, 6.45) is 1.43. The summed E-state index contributed by atoms with van der Waals surface area (Å²) < 4.78 is 37.9. The van der Waals surface area contributed by atoms with Crippen LogP contribution in [0.2, 0.25) is 0 Å². The van der Waals surface area contributed by atoms with Gasteiger partial charge in [-0.1, -0.05) is 6.92 Å². The van der Waals surface area contributed by atoms with Crippen molar-refractivity contribution in [3.63, 3.8) is 0 Å². The molecule has 0 bridgehead atoms. The largest absolute Gasteiger partial charge is 0.367 e. The van der Waals surface area contributed by atoms with Crippen molar-refractivity contribution in [1.29, 1.82) is 0 Å². The zero-order valence-electron chi connectivity index (χ0n) is 8.90. The van der Waals surface area contributed by atoms with Crippen molar-refractivity contribution < 1.29 is 12.8 Å². The zero-order valence-corrected chi connectivity index (χ0v) is 9.72. The Bertz CT molecular complexity index is 436. The number of sulfonamides is 1. The molecule has 0 atom stereocenters. The molecule has 1 aromatic rings. The maximum absolute atomic E-state index is 13.1. The van der Waals surface area contributed by atoms with Gasteiger partial charge in [0.25, 0.3) is 0 Å². The van der Waals surface area contributed by atoms with Crippen molar-refractivity contribution in [2.75, 3.05) is 24.2 Å². The molecular weight excluding hydrogens is 233 g/mol. The number of halogens is 1. The van der Waals surface area contributed by atoms with Crippen molar-refractivity contribution in [3.8, 4) is 0 Å². The summed E-state index contributed by atoms with van der Waals surface area (Å²) in [5, 5.41) is 2.62. The van der Waals surface area contributed by atoms with Crippen molar-refractivity contribution >= 4 is 15.8 Å². The first-order valence-corrected chi connectivity index (χ1v) is 6.52. The van der Waals surface area contributed by atoms with Crippen LogP contribution < -0.4 is 10.0 Å². The van der Waals surface area contributed by atoms with Crippen LogP contribution in [0.5, 0.6) is 0 Å². The number of pyridine rings is 1. The molecule has 5 nitrogen and oxygen atoms in total. The first-order chi connectivity index (χ1) is 7.55. The summed E-state index contributed by atoms with van der Waals surface area (Å²) >= 11 is 0. The zero-order chi connectivity index (χ0) is 12.0. The minimum atomic E-state index is -3.28. The van der Waals surface area contributed by atoms with Gasteiger partial charge in [-0.3, -0.25) is 0 Å². The molecular formula is C9H14FN3O2S. The van der Waals surface area contributed by atoms with Crippen LogP contribution in [-0.4, -0.2) is 32.2 Å². The molecule has 0 aliphatic carbocycles. The fourth-order valence-corrected chi connectivity index (χ4v) is 2.07. The molecule has 0 fully saturated rings. The van der Waals surface area contributed by atoms with E-state index >= 15 is 0 Å². The van der Waals surface area contributed by atoms with E-state index in [1.165, 1.54) is 18.3 Å². The lowest BCUT2D eigenvalue weighted by atomic mass is 10.4. The predicted molar refractivity (Wildman–Crippen MR) is 60.1 cm³/mol. The van der Waals surface area contributed by atoms with Crippen LogP contribution in [0.1, 0.15) is 6.92 Å². The fourth-order valence-electron chi connectivity index (χ4n) is 1.11. The minimum absolute atomic E-state index is 0.0641. The van der Waals surface area contributed by atoms with Gasteiger partial charge in [-0.25, -0.2) is 22.5 Å². The van der Waals surface area contributed by atoms with Crippen LogP contribution in [0, 0.1) is 5.82 Å². The van der Waals surface area contributed by atoms with Gasteiger partial charge in [0.2, 0.25) is 10.0 Å². The highest BCUT2D eigenvalue weighted by Gasteiger charge is 2.08. The van der Waals surface area contributed by atoms with Gasteiger partial charge in [-0.2, -0.15) is 0 Å². The topological polar surface area (TPSA) is 71.1 Å². The van der Waals surface area contributed by atoms with Crippen LogP contribution in [0.15, 0.2) is 18.3 Å². The van der Waals surface area contributed by atoms with Crippen molar-refractivity contribution in [3.05, 3.63) is 24.1 Å². The highest BCUT2D eigenvalue weighted by Crippen LogP contribution is 2.07. The standard InChI is InChI=1S/C9H14FN3O2S/c1-2-13-16(14,15)7-6-12-9-8(10)4-3-5-11-9/h3-5,13H,2,6-7H2,1H3,(H,11,12). The van der Waals surface area contributed by atoms with Crippen LogP contribution in [-0.2, 0) is 10.0 Å². The summed E-state index contributed by atoms with van der Waals surface area (Å²) in [5.41, 5.74) is 0. The average Bonchev–Trinajstić information content (AvgIpc) is 2.20. The lowest BCUT2D eigenvalue weighted by Gasteiger charge is -2.07. The molecule has 1 heterocycles. The molecule has 0 saturated carbocycles. The maximum Gasteiger partial charge on any atom is 0.213 e. The molecule has 0 aliphatic rings. The SMILES string of the molecule is CCNS(=O)(=O)CCNc1ncccc1F. The number of hydrogen-bond donors (Lipinski definition) is 2. The van der Waals surface area contributed by atoms with E-state index in [0.29, 0.717) is 6.54 Å². The van der Waals surface area contributed by atoms with E-state index < -0.39 is 15.8 Å². The molecule has 0 radical (unpaired) electrons. The second-order valence-electron chi connectivity index (χ2n) is 3.08. The highest BCUT2D eigenvalue weighted by molar-refractivity contribution is 7.89. The van der Waals surface area contributed by atoms with E-state index in [4.69, 9.17) is 0 Å². The Hall–Kier alpha value is -1.21. The third kappa shape index (κ3) is 4.11. The first-order valence-electron chi connectivity index (χ1n) is 4.87. The smallest absolute Gasteiger partial charge is 0.213 e. The molecule has 0 aliphatic heterocycles. The summed E-state index contributed by atoms with van der Waals surface area (Å²) in [7, 11) is -3.28. The molecule has 0 unspecified atom stereocenters. The molecule has 2 N–H and O–H groups in total. The van der Waals surface area contributed by atoms with Gasteiger partial charge in [-0.05, 0) is 12.1 Å². The predicted octanol–water partition coefficient (Wildman–Crippen LogP) is 0.572. The lowest BCUT2D eigenvalue weighted by Crippen LogP contribution is -2.29. The average molecular weight is 247 g/mol. The van der Waals surface area contributed by atoms with E-state index in [-0.39, 0.29) is 18.1 Å². The first kappa shape index (κ1) is 12.9. The number of aromatic nitrogens is 1. The highest BCUT2D eigenvalue weighted by atomic mass is 32.2. The summed E-state index contributed by atoms with van der Waals surface area (Å²) in [6.45, 7) is 2.16. The van der Waals surface area contributed by atoms with Crippen molar-refractivity contribution in [2.24, 2.45) is 0 Å². The van der Waals surface area contributed by atoms with Crippen molar-refractivity contribution in [1.82, 2.24) is 9.71 Å². The van der Waals surface area contributed by atoms with Gasteiger partial charge in [0.15, 0.2) is 11.6 Å². The third-order valence-corrected chi connectivity index (χ3v) is 3.26. The third-order valence-electron chi connectivity index (χ3n) is 1.79. The Morgan fingerprint density at radius 2 is 2.25 bits per heavy atom. The van der Waals surface area contributed by atoms with Gasteiger partial charge >= 0.3 is 0 Å². The second-order valence-corrected chi connectivity index (χ2v) is 5.00. The molecule has 7 heteroatoms. The van der Waals surface area contributed by atoms with Crippen LogP contribution >= 0.6 is 0 Å². The molecule has 1 rings (SSSR count). The van der Waals surface area contributed by atoms with Gasteiger partial charge < -0.3 is 5.32 Å². The van der Waals surface area contributed by atoms with Crippen molar-refractivity contribution in [2.45, 2.75) is 6.92 Å². The number of nitrogens with one attached hydrogen (secondary N) is 2. The molecule has 0 aromatic carbocycles. The van der Waals surface area contributed by atoms with Gasteiger partial charge in [-0.15, -0.1) is 0 Å². The second kappa shape index (κ2) is 5.76. The number of nitrogens with zero attached hydrogens (tertiary/aromatic N) is 1. The van der Waals surface area contributed by atoms with Crippen LogP contribution in [0.4, 0.5) is 10.2 Å². The molecule has 0 spiro atoms. The Kier molecular flexibility index (Phi) is 4.63. The summed E-state index contributed by atoms with van der Waals surface area (Å²) in [4.78, 5) is 3.74. The van der Waals surface area contributed by atoms with E-state index in [0.717, 1.165) is 0 Å². The number of rotatable bonds is 6. The molecule has 0 amide bonds. The Balaban J connectivity index is 2.45. The van der Waals surface area contributed by atoms with E-state index in [2.05, 4.69) is 15.0 Å². The van der Waals surface area contributed by atoms with E-state index in [9.17, 15) is 12.8 Å². The van der Waals surface area contributed by atoms with E-state index in [1.807, 2.05) is 0 Å².